The first-order valence-corrected chi connectivity index (χ1v) is 12.6. The molecule has 12 heteroatoms. The lowest BCUT2D eigenvalue weighted by Gasteiger charge is -2.31. The number of non-ortho nitro benzene ring substituents is 1. The lowest BCUT2D eigenvalue weighted by atomic mass is 9.75. The highest BCUT2D eigenvalue weighted by Gasteiger charge is 2.43. The molecule has 0 saturated carbocycles. The van der Waals surface area contributed by atoms with Crippen molar-refractivity contribution in [3.63, 3.8) is 0 Å². The molecule has 0 amide bonds. The van der Waals surface area contributed by atoms with Gasteiger partial charge >= 0.3 is 11.9 Å². The van der Waals surface area contributed by atoms with Crippen molar-refractivity contribution >= 4 is 23.3 Å². The zero-order valence-electron chi connectivity index (χ0n) is 22.8. The molecule has 0 spiro atoms. The lowest BCUT2D eigenvalue weighted by molar-refractivity contribution is -0.385. The topological polar surface area (TPSA) is 159 Å². The summed E-state index contributed by atoms with van der Waals surface area (Å²) in [5, 5.41) is 24.9. The van der Waals surface area contributed by atoms with E-state index < -0.39 is 34.8 Å². The molecule has 0 bridgehead atoms. The Morgan fingerprint density at radius 1 is 1.10 bits per heavy atom. The number of aliphatic hydroxyl groups excluding tert-OH is 1. The number of nitro benzene ring substituents is 1. The molecule has 0 saturated heterocycles. The van der Waals surface area contributed by atoms with E-state index in [-0.39, 0.29) is 42.3 Å². The first-order chi connectivity index (χ1) is 19.2. The summed E-state index contributed by atoms with van der Waals surface area (Å²) < 4.78 is 21.5. The van der Waals surface area contributed by atoms with Crippen molar-refractivity contribution in [3.05, 3.63) is 75.5 Å². The highest BCUT2D eigenvalue weighted by Crippen LogP contribution is 2.44. The Hall–Kier alpha value is -4.29. The molecule has 40 heavy (non-hydrogen) atoms. The molecule has 3 unspecified atom stereocenters. The van der Waals surface area contributed by atoms with Gasteiger partial charge in [0, 0.05) is 48.1 Å². The molecule has 0 aromatic heterocycles. The standard InChI is InChI=1S/C28H33N3O9/c1-17-24(27(33)37-3)26(25(18(2)30-17)28(34)38-4)22-14-19(31(35)36)10-11-23(22)39-13-12-29-15-20(32)16-40-21-8-6-5-7-9-21/h5-11,14,20,24,26,29,32H,12-13,15-16H2,1-4H3. The number of allylic oxidation sites excluding steroid dienone is 1. The third-order valence-electron chi connectivity index (χ3n) is 6.33. The van der Waals surface area contributed by atoms with Gasteiger partial charge in [0.25, 0.3) is 5.69 Å². The zero-order valence-corrected chi connectivity index (χ0v) is 22.8. The summed E-state index contributed by atoms with van der Waals surface area (Å²) in [6.45, 7) is 4.01. The van der Waals surface area contributed by atoms with Gasteiger partial charge in [-0.3, -0.25) is 19.9 Å². The molecule has 2 aromatic carbocycles. The Kier molecular flexibility index (Phi) is 10.7. The van der Waals surface area contributed by atoms with Crippen LogP contribution in [-0.4, -0.2) is 74.3 Å². The largest absolute Gasteiger partial charge is 0.492 e. The first-order valence-electron chi connectivity index (χ1n) is 12.6. The van der Waals surface area contributed by atoms with Crippen molar-refractivity contribution in [2.75, 3.05) is 40.5 Å². The van der Waals surface area contributed by atoms with Gasteiger partial charge in [-0.2, -0.15) is 0 Å². The summed E-state index contributed by atoms with van der Waals surface area (Å²) in [6.07, 6.45) is -0.767. The number of methoxy groups -OCH3 is 2. The van der Waals surface area contributed by atoms with Crippen LogP contribution in [0, 0.1) is 16.0 Å². The number of rotatable bonds is 13. The van der Waals surface area contributed by atoms with Gasteiger partial charge in [0.2, 0.25) is 0 Å². The maximum absolute atomic E-state index is 12.9. The Morgan fingerprint density at radius 3 is 2.48 bits per heavy atom. The summed E-state index contributed by atoms with van der Waals surface area (Å²) in [5.41, 5.74) is 0.782. The third kappa shape index (κ3) is 7.42. The van der Waals surface area contributed by atoms with Crippen LogP contribution in [0.25, 0.3) is 0 Å². The fourth-order valence-electron chi connectivity index (χ4n) is 4.47. The van der Waals surface area contributed by atoms with Crippen molar-refractivity contribution < 1.29 is 38.6 Å². The molecule has 2 aromatic rings. The van der Waals surface area contributed by atoms with Crippen LogP contribution in [0.3, 0.4) is 0 Å². The number of nitrogens with zero attached hydrogens (tertiary/aromatic N) is 2. The molecular weight excluding hydrogens is 522 g/mol. The fourth-order valence-corrected chi connectivity index (χ4v) is 4.47. The molecule has 3 atom stereocenters. The predicted octanol–water partition coefficient (Wildman–Crippen LogP) is 2.80. The molecule has 1 aliphatic rings. The van der Waals surface area contributed by atoms with Crippen molar-refractivity contribution in [2.45, 2.75) is 25.9 Å². The molecule has 12 nitrogen and oxygen atoms in total. The minimum atomic E-state index is -1.04. The second kappa shape index (κ2) is 14.2. The molecule has 0 fully saturated rings. The maximum Gasteiger partial charge on any atom is 0.336 e. The van der Waals surface area contributed by atoms with Gasteiger partial charge in [0.1, 0.15) is 36.7 Å². The van der Waals surface area contributed by atoms with Crippen LogP contribution >= 0.6 is 0 Å². The van der Waals surface area contributed by atoms with Gasteiger partial charge in [0.05, 0.1) is 24.7 Å². The SMILES string of the molecule is COC(=O)C1=C(C)N=C(C)C(C(=O)OC)C1c1cc([N+](=O)[O-])ccc1OCCNCC(O)COc1ccccc1. The highest BCUT2D eigenvalue weighted by atomic mass is 16.6. The second-order valence-electron chi connectivity index (χ2n) is 9.03. The number of hydrogen-bond donors (Lipinski definition) is 2. The Morgan fingerprint density at radius 2 is 1.82 bits per heavy atom. The van der Waals surface area contributed by atoms with Crippen molar-refractivity contribution in [1.29, 1.82) is 0 Å². The average Bonchev–Trinajstić information content (AvgIpc) is 2.95. The van der Waals surface area contributed by atoms with E-state index in [9.17, 15) is 24.8 Å². The van der Waals surface area contributed by atoms with Crippen LogP contribution in [0.15, 0.2) is 64.8 Å². The minimum absolute atomic E-state index is 0.0773. The van der Waals surface area contributed by atoms with Gasteiger partial charge in [-0.05, 0) is 32.0 Å². The van der Waals surface area contributed by atoms with Gasteiger partial charge in [-0.1, -0.05) is 18.2 Å². The Labute approximate surface area is 231 Å². The molecule has 1 heterocycles. The number of nitro groups is 1. The van der Waals surface area contributed by atoms with Crippen molar-refractivity contribution in [3.8, 4) is 11.5 Å². The number of aliphatic imine (C=N–C) groups is 1. The van der Waals surface area contributed by atoms with Crippen LogP contribution in [0.2, 0.25) is 0 Å². The normalized spacial score (nSPS) is 17.5. The van der Waals surface area contributed by atoms with E-state index in [2.05, 4.69) is 10.3 Å². The third-order valence-corrected chi connectivity index (χ3v) is 6.33. The maximum atomic E-state index is 12.9. The van der Waals surface area contributed by atoms with E-state index in [0.717, 1.165) is 0 Å². The summed E-state index contributed by atoms with van der Waals surface area (Å²) in [4.78, 5) is 41.1. The van der Waals surface area contributed by atoms with Gasteiger partial charge < -0.3 is 29.4 Å². The Balaban J connectivity index is 1.79. The quantitative estimate of drug-likeness (QED) is 0.163. The van der Waals surface area contributed by atoms with Crippen LogP contribution in [-0.2, 0) is 19.1 Å². The fraction of sp³-hybridized carbons (Fsp3) is 0.393. The van der Waals surface area contributed by atoms with Gasteiger partial charge in [0.15, 0.2) is 0 Å². The molecule has 2 N–H and O–H groups in total. The summed E-state index contributed by atoms with van der Waals surface area (Å²) >= 11 is 0. The summed E-state index contributed by atoms with van der Waals surface area (Å²) in [7, 11) is 2.42. The predicted molar refractivity (Wildman–Crippen MR) is 145 cm³/mol. The zero-order chi connectivity index (χ0) is 29.2. The van der Waals surface area contributed by atoms with Crippen LogP contribution in [0.1, 0.15) is 25.3 Å². The van der Waals surface area contributed by atoms with Gasteiger partial charge in [-0.15, -0.1) is 0 Å². The number of nitrogens with one attached hydrogen (secondary N) is 1. The monoisotopic (exact) mass is 555 g/mol. The molecule has 0 aliphatic carbocycles. The van der Waals surface area contributed by atoms with Crippen LogP contribution in [0.4, 0.5) is 5.69 Å². The molecule has 214 valence electrons. The smallest absolute Gasteiger partial charge is 0.336 e. The lowest BCUT2D eigenvalue weighted by Crippen LogP contribution is -2.36. The van der Waals surface area contributed by atoms with E-state index in [0.29, 0.717) is 23.7 Å². The first kappa shape index (κ1) is 30.3. The molecule has 1 aliphatic heterocycles. The number of hydrogen-bond acceptors (Lipinski definition) is 11. The molecular formula is C28H33N3O9. The van der Waals surface area contributed by atoms with Crippen molar-refractivity contribution in [1.82, 2.24) is 5.32 Å². The number of para-hydroxylation sites is 1. The van der Waals surface area contributed by atoms with E-state index in [1.54, 1.807) is 26.0 Å². The Bertz CT molecular complexity index is 1280. The van der Waals surface area contributed by atoms with Crippen LogP contribution < -0.4 is 14.8 Å². The number of aliphatic hydroxyl groups is 1. The molecule has 0 radical (unpaired) electrons. The number of carbonyl (C=O) groups is 2. The number of benzene rings is 2. The minimum Gasteiger partial charge on any atom is -0.492 e. The van der Waals surface area contributed by atoms with E-state index in [4.69, 9.17) is 18.9 Å². The number of ether oxygens (including phenoxy) is 4. The number of esters is 2. The second-order valence-corrected chi connectivity index (χ2v) is 9.03. The highest BCUT2D eigenvalue weighted by molar-refractivity contribution is 6.07. The van der Waals surface area contributed by atoms with E-state index in [1.807, 2.05) is 18.2 Å². The van der Waals surface area contributed by atoms with E-state index >= 15 is 0 Å². The van der Waals surface area contributed by atoms with Crippen molar-refractivity contribution in [2.24, 2.45) is 10.9 Å². The van der Waals surface area contributed by atoms with Crippen LogP contribution in [0.5, 0.6) is 11.5 Å². The number of carbonyl (C=O) groups excluding carboxylic acids is 2. The average molecular weight is 556 g/mol. The summed E-state index contributed by atoms with van der Waals surface area (Å²) in [5.74, 6) is -2.53. The molecule has 3 rings (SSSR count). The summed E-state index contributed by atoms with van der Waals surface area (Å²) in [6, 6.07) is 13.1. The van der Waals surface area contributed by atoms with Gasteiger partial charge in [-0.25, -0.2) is 4.79 Å². The van der Waals surface area contributed by atoms with E-state index in [1.165, 1.54) is 32.4 Å².